The molecule has 0 heterocycles. The monoisotopic (exact) mass is 399 g/mol. The first-order valence-electron chi connectivity index (χ1n) is 7.78. The number of carbonyl (C=O) groups excluding carboxylic acids is 2. The first kappa shape index (κ1) is 20.4. The molecular weight excluding hydrogens is 384 g/mol. The summed E-state index contributed by atoms with van der Waals surface area (Å²) in [4.78, 5) is 23.9. The quantitative estimate of drug-likeness (QED) is 0.716. The summed E-state index contributed by atoms with van der Waals surface area (Å²) in [7, 11) is 1.39. The van der Waals surface area contributed by atoms with Gasteiger partial charge in [-0.15, -0.1) is 0 Å². The Hall–Kier alpha value is -2.87. The number of hydrogen-bond donors (Lipinski definition) is 1. The zero-order valence-corrected chi connectivity index (χ0v) is 15.2. The fourth-order valence-electron chi connectivity index (χ4n) is 2.11. The standard InChI is InChI=1S/C18H16ClF2NO5/c1-3-26-17-12(19)6-10(7-15(17)25-2)18(24)27-9-16(23)22-11-4-5-13(20)14(21)8-11/h4-8H,3,9H2,1-2H3,(H,22,23). The van der Waals surface area contributed by atoms with Crippen LogP contribution in [0.15, 0.2) is 30.3 Å². The summed E-state index contributed by atoms with van der Waals surface area (Å²) in [5.41, 5.74) is 0.0849. The van der Waals surface area contributed by atoms with Crippen LogP contribution in [0.5, 0.6) is 11.5 Å². The zero-order chi connectivity index (χ0) is 20.0. The third-order valence-electron chi connectivity index (χ3n) is 3.29. The van der Waals surface area contributed by atoms with Gasteiger partial charge in [-0.05, 0) is 31.2 Å². The normalized spacial score (nSPS) is 10.3. The van der Waals surface area contributed by atoms with E-state index in [1.807, 2.05) is 0 Å². The Morgan fingerprint density at radius 1 is 1.15 bits per heavy atom. The molecule has 0 saturated heterocycles. The minimum atomic E-state index is -1.11. The second kappa shape index (κ2) is 9.18. The molecule has 2 aromatic carbocycles. The van der Waals surface area contributed by atoms with Crippen molar-refractivity contribution in [3.63, 3.8) is 0 Å². The van der Waals surface area contributed by atoms with E-state index in [4.69, 9.17) is 25.8 Å². The minimum Gasteiger partial charge on any atom is -0.493 e. The number of anilines is 1. The van der Waals surface area contributed by atoms with Gasteiger partial charge >= 0.3 is 5.97 Å². The first-order valence-corrected chi connectivity index (χ1v) is 8.15. The molecule has 0 aliphatic heterocycles. The van der Waals surface area contributed by atoms with Gasteiger partial charge in [0.15, 0.2) is 29.7 Å². The summed E-state index contributed by atoms with van der Waals surface area (Å²) < 4.78 is 41.4. The van der Waals surface area contributed by atoms with Gasteiger partial charge in [0.05, 0.1) is 24.3 Å². The van der Waals surface area contributed by atoms with E-state index in [9.17, 15) is 18.4 Å². The minimum absolute atomic E-state index is 0.0285. The maximum Gasteiger partial charge on any atom is 0.338 e. The predicted molar refractivity (Wildman–Crippen MR) is 94.4 cm³/mol. The number of hydrogen-bond acceptors (Lipinski definition) is 5. The molecule has 0 radical (unpaired) electrons. The van der Waals surface area contributed by atoms with E-state index < -0.39 is 30.1 Å². The summed E-state index contributed by atoms with van der Waals surface area (Å²) >= 11 is 6.08. The van der Waals surface area contributed by atoms with Gasteiger partial charge in [0.25, 0.3) is 5.91 Å². The molecule has 0 saturated carbocycles. The topological polar surface area (TPSA) is 73.9 Å². The number of rotatable bonds is 7. The van der Waals surface area contributed by atoms with Gasteiger partial charge in [-0.25, -0.2) is 13.6 Å². The fourth-order valence-corrected chi connectivity index (χ4v) is 2.37. The number of nitrogens with one attached hydrogen (secondary N) is 1. The number of benzene rings is 2. The highest BCUT2D eigenvalue weighted by Gasteiger charge is 2.17. The van der Waals surface area contributed by atoms with E-state index in [-0.39, 0.29) is 27.8 Å². The molecule has 6 nitrogen and oxygen atoms in total. The Balaban J connectivity index is 2.01. The van der Waals surface area contributed by atoms with Crippen LogP contribution in [0, 0.1) is 11.6 Å². The summed E-state index contributed by atoms with van der Waals surface area (Å²) in [5, 5.41) is 2.43. The number of ether oxygens (including phenoxy) is 3. The second-order valence-corrected chi connectivity index (χ2v) is 5.58. The lowest BCUT2D eigenvalue weighted by Crippen LogP contribution is -2.21. The molecule has 0 atom stereocenters. The summed E-state index contributed by atoms with van der Waals surface area (Å²) in [6, 6.07) is 5.55. The van der Waals surface area contributed by atoms with Crippen LogP contribution in [-0.2, 0) is 9.53 Å². The number of amides is 1. The maximum absolute atomic E-state index is 13.1. The van der Waals surface area contributed by atoms with Gasteiger partial charge < -0.3 is 19.5 Å². The molecule has 2 aromatic rings. The van der Waals surface area contributed by atoms with Crippen LogP contribution in [-0.4, -0.2) is 32.2 Å². The van der Waals surface area contributed by atoms with Crippen molar-refractivity contribution in [1.29, 1.82) is 0 Å². The molecule has 27 heavy (non-hydrogen) atoms. The molecule has 0 spiro atoms. The van der Waals surface area contributed by atoms with Crippen molar-refractivity contribution in [2.24, 2.45) is 0 Å². The Morgan fingerprint density at radius 3 is 2.52 bits per heavy atom. The largest absolute Gasteiger partial charge is 0.493 e. The molecule has 0 bridgehead atoms. The third kappa shape index (κ3) is 5.30. The van der Waals surface area contributed by atoms with Crippen LogP contribution in [0.3, 0.4) is 0 Å². The average molecular weight is 400 g/mol. The lowest BCUT2D eigenvalue weighted by molar-refractivity contribution is -0.119. The predicted octanol–water partition coefficient (Wildman–Crippen LogP) is 3.82. The SMILES string of the molecule is CCOc1c(Cl)cc(C(=O)OCC(=O)Nc2ccc(F)c(F)c2)cc1OC. The molecule has 0 aromatic heterocycles. The van der Waals surface area contributed by atoms with Crippen molar-refractivity contribution >= 4 is 29.2 Å². The average Bonchev–Trinajstić information content (AvgIpc) is 2.64. The fraction of sp³-hybridized carbons (Fsp3) is 0.222. The molecule has 0 unspecified atom stereocenters. The van der Waals surface area contributed by atoms with Crippen molar-refractivity contribution in [3.05, 3.63) is 52.6 Å². The second-order valence-electron chi connectivity index (χ2n) is 5.18. The van der Waals surface area contributed by atoms with E-state index in [2.05, 4.69) is 5.32 Å². The van der Waals surface area contributed by atoms with Crippen LogP contribution in [0.4, 0.5) is 14.5 Å². The van der Waals surface area contributed by atoms with Crippen molar-refractivity contribution in [2.45, 2.75) is 6.92 Å². The molecule has 0 aliphatic carbocycles. The van der Waals surface area contributed by atoms with Crippen molar-refractivity contribution in [3.8, 4) is 11.5 Å². The Labute approximate surface area is 159 Å². The highest BCUT2D eigenvalue weighted by Crippen LogP contribution is 2.36. The Bertz CT molecular complexity index is 860. The van der Waals surface area contributed by atoms with Gasteiger partial charge in [-0.1, -0.05) is 11.6 Å². The molecule has 0 fully saturated rings. The van der Waals surface area contributed by atoms with E-state index >= 15 is 0 Å². The van der Waals surface area contributed by atoms with Gasteiger partial charge in [0.2, 0.25) is 0 Å². The van der Waals surface area contributed by atoms with Crippen molar-refractivity contribution in [2.75, 3.05) is 25.6 Å². The van der Waals surface area contributed by atoms with Gasteiger partial charge in [0.1, 0.15) is 0 Å². The number of esters is 1. The van der Waals surface area contributed by atoms with E-state index in [1.54, 1.807) is 6.92 Å². The van der Waals surface area contributed by atoms with Gasteiger partial charge in [0, 0.05) is 11.8 Å². The van der Waals surface area contributed by atoms with Crippen LogP contribution in [0.1, 0.15) is 17.3 Å². The van der Waals surface area contributed by atoms with Crippen LogP contribution >= 0.6 is 11.6 Å². The third-order valence-corrected chi connectivity index (χ3v) is 3.57. The Kier molecular flexibility index (Phi) is 6.95. The lowest BCUT2D eigenvalue weighted by atomic mass is 10.2. The number of methoxy groups -OCH3 is 1. The van der Waals surface area contributed by atoms with Gasteiger partial charge in [-0.2, -0.15) is 0 Å². The molecule has 0 aliphatic rings. The summed E-state index contributed by atoms with van der Waals surface area (Å²) in [5.74, 6) is -3.17. The molecule has 1 amide bonds. The van der Waals surface area contributed by atoms with E-state index in [0.29, 0.717) is 6.61 Å². The highest BCUT2D eigenvalue weighted by molar-refractivity contribution is 6.32. The highest BCUT2D eigenvalue weighted by atomic mass is 35.5. The molecule has 1 N–H and O–H groups in total. The van der Waals surface area contributed by atoms with E-state index in [0.717, 1.165) is 12.1 Å². The molecular formula is C18H16ClF2NO5. The first-order chi connectivity index (χ1) is 12.8. The van der Waals surface area contributed by atoms with Gasteiger partial charge in [-0.3, -0.25) is 4.79 Å². The molecule has 9 heteroatoms. The maximum atomic E-state index is 13.1. The summed E-state index contributed by atoms with van der Waals surface area (Å²) in [6.45, 7) is 1.48. The van der Waals surface area contributed by atoms with Crippen LogP contribution in [0.2, 0.25) is 5.02 Å². The molecule has 2 rings (SSSR count). The number of carbonyl (C=O) groups is 2. The smallest absolute Gasteiger partial charge is 0.338 e. The van der Waals surface area contributed by atoms with Crippen molar-refractivity contribution in [1.82, 2.24) is 0 Å². The van der Waals surface area contributed by atoms with E-state index in [1.165, 1.54) is 25.3 Å². The zero-order valence-electron chi connectivity index (χ0n) is 14.5. The Morgan fingerprint density at radius 2 is 1.89 bits per heavy atom. The number of halogens is 3. The summed E-state index contributed by atoms with van der Waals surface area (Å²) in [6.07, 6.45) is 0. The lowest BCUT2D eigenvalue weighted by Gasteiger charge is -2.13. The van der Waals surface area contributed by atoms with Crippen LogP contribution < -0.4 is 14.8 Å². The van der Waals surface area contributed by atoms with Crippen molar-refractivity contribution < 1.29 is 32.6 Å². The molecule has 144 valence electrons. The van der Waals surface area contributed by atoms with Crippen LogP contribution in [0.25, 0.3) is 0 Å².